The Bertz CT molecular complexity index is 345. The molecule has 0 fully saturated rings. The van der Waals surface area contributed by atoms with Crippen LogP contribution in [0.25, 0.3) is 0 Å². The molecule has 0 aliphatic rings. The van der Waals surface area contributed by atoms with Gasteiger partial charge in [0.1, 0.15) is 11.6 Å². The van der Waals surface area contributed by atoms with E-state index in [9.17, 15) is 0 Å². The third kappa shape index (κ3) is 5.67. The van der Waals surface area contributed by atoms with Gasteiger partial charge in [-0.15, -0.1) is 0 Å². The summed E-state index contributed by atoms with van der Waals surface area (Å²) in [5.74, 6) is 1.79. The van der Waals surface area contributed by atoms with Crippen LogP contribution in [-0.2, 0) is 4.74 Å². The van der Waals surface area contributed by atoms with E-state index in [-0.39, 0.29) is 5.95 Å². The molecule has 0 aliphatic carbocycles. The number of rotatable bonds is 9. The molecule has 0 unspecified atom stereocenters. The van der Waals surface area contributed by atoms with Crippen LogP contribution >= 0.6 is 0 Å². The van der Waals surface area contributed by atoms with Crippen LogP contribution < -0.4 is 16.4 Å². The highest BCUT2D eigenvalue weighted by molar-refractivity contribution is 5.50. The number of ether oxygens (including phenoxy) is 1. The number of nitrogen functional groups attached to an aromatic ring is 1. The van der Waals surface area contributed by atoms with Crippen LogP contribution in [0.1, 0.15) is 26.7 Å². The van der Waals surface area contributed by atoms with Gasteiger partial charge in [0.25, 0.3) is 0 Å². The molecule has 4 N–H and O–H groups in total. The zero-order valence-electron chi connectivity index (χ0n) is 11.2. The van der Waals surface area contributed by atoms with E-state index in [2.05, 4.69) is 27.5 Å². The Labute approximate surface area is 108 Å². The fraction of sp³-hybridized carbons (Fsp3) is 0.667. The normalized spacial score (nSPS) is 10.3. The van der Waals surface area contributed by atoms with Gasteiger partial charge in [-0.2, -0.15) is 9.97 Å². The average Bonchev–Trinajstić information content (AvgIpc) is 2.35. The third-order valence-corrected chi connectivity index (χ3v) is 2.28. The lowest BCUT2D eigenvalue weighted by molar-refractivity contribution is 0.147. The molecule has 0 amide bonds. The number of hydrogen-bond acceptors (Lipinski definition) is 6. The van der Waals surface area contributed by atoms with Crippen molar-refractivity contribution < 1.29 is 4.74 Å². The van der Waals surface area contributed by atoms with Crippen molar-refractivity contribution in [2.45, 2.75) is 26.7 Å². The van der Waals surface area contributed by atoms with Gasteiger partial charge in [-0.1, -0.05) is 6.92 Å². The van der Waals surface area contributed by atoms with Crippen LogP contribution in [-0.4, -0.2) is 36.3 Å². The van der Waals surface area contributed by atoms with Crippen molar-refractivity contribution in [3.05, 3.63) is 6.07 Å². The van der Waals surface area contributed by atoms with E-state index in [1.165, 1.54) is 0 Å². The first-order chi connectivity index (χ1) is 8.76. The summed E-state index contributed by atoms with van der Waals surface area (Å²) in [6.45, 7) is 7.29. The van der Waals surface area contributed by atoms with E-state index >= 15 is 0 Å². The van der Waals surface area contributed by atoms with Crippen LogP contribution in [0.15, 0.2) is 6.07 Å². The molecule has 1 heterocycles. The Morgan fingerprint density at radius 3 is 2.44 bits per heavy atom. The number of nitrogens with zero attached hydrogens (tertiary/aromatic N) is 2. The summed E-state index contributed by atoms with van der Waals surface area (Å²) in [4.78, 5) is 8.25. The maximum absolute atomic E-state index is 5.66. The summed E-state index contributed by atoms with van der Waals surface area (Å²) < 4.78 is 5.26. The maximum Gasteiger partial charge on any atom is 0.223 e. The zero-order valence-corrected chi connectivity index (χ0v) is 11.2. The number of hydrogen-bond donors (Lipinski definition) is 3. The molecular weight excluding hydrogens is 230 g/mol. The smallest absolute Gasteiger partial charge is 0.223 e. The van der Waals surface area contributed by atoms with Crippen LogP contribution in [0.4, 0.5) is 17.6 Å². The van der Waals surface area contributed by atoms with Crippen LogP contribution in [0.2, 0.25) is 0 Å². The highest BCUT2D eigenvalue weighted by Gasteiger charge is 2.01. The Morgan fingerprint density at radius 1 is 1.17 bits per heavy atom. The second kappa shape index (κ2) is 8.52. The maximum atomic E-state index is 5.66. The van der Waals surface area contributed by atoms with Gasteiger partial charge in [0, 0.05) is 32.4 Å². The lowest BCUT2D eigenvalue weighted by atomic mass is 10.4. The summed E-state index contributed by atoms with van der Waals surface area (Å²) in [7, 11) is 0. The largest absolute Gasteiger partial charge is 0.382 e. The molecule has 0 spiro atoms. The monoisotopic (exact) mass is 253 g/mol. The van der Waals surface area contributed by atoms with Gasteiger partial charge in [0.15, 0.2) is 0 Å². The highest BCUT2D eigenvalue weighted by atomic mass is 16.5. The van der Waals surface area contributed by atoms with Crippen molar-refractivity contribution in [3.63, 3.8) is 0 Å². The molecule has 6 nitrogen and oxygen atoms in total. The summed E-state index contributed by atoms with van der Waals surface area (Å²) in [5.41, 5.74) is 5.66. The van der Waals surface area contributed by atoms with Crippen LogP contribution in [0, 0.1) is 0 Å². The topological polar surface area (TPSA) is 85.1 Å². The third-order valence-electron chi connectivity index (χ3n) is 2.28. The molecule has 0 atom stereocenters. The Hall–Kier alpha value is -1.56. The molecule has 0 saturated heterocycles. The van der Waals surface area contributed by atoms with Crippen molar-refractivity contribution in [1.82, 2.24) is 9.97 Å². The second-order valence-corrected chi connectivity index (χ2v) is 3.90. The van der Waals surface area contributed by atoms with Gasteiger partial charge >= 0.3 is 0 Å². The summed E-state index contributed by atoms with van der Waals surface area (Å²) in [6.07, 6.45) is 1.98. The van der Waals surface area contributed by atoms with Crippen LogP contribution in [0.3, 0.4) is 0 Å². The van der Waals surface area contributed by atoms with Gasteiger partial charge in [-0.25, -0.2) is 0 Å². The highest BCUT2D eigenvalue weighted by Crippen LogP contribution is 2.12. The van der Waals surface area contributed by atoms with Gasteiger partial charge < -0.3 is 21.1 Å². The molecule has 1 aromatic heterocycles. The van der Waals surface area contributed by atoms with E-state index < -0.39 is 0 Å². The first-order valence-corrected chi connectivity index (χ1v) is 6.46. The number of nitrogens with one attached hydrogen (secondary N) is 2. The molecule has 1 aromatic rings. The minimum Gasteiger partial charge on any atom is -0.382 e. The van der Waals surface area contributed by atoms with Crippen molar-refractivity contribution >= 4 is 17.6 Å². The summed E-state index contributed by atoms with van der Waals surface area (Å²) in [6, 6.07) is 1.87. The first-order valence-electron chi connectivity index (χ1n) is 6.46. The van der Waals surface area contributed by atoms with Crippen molar-refractivity contribution in [2.75, 3.05) is 42.7 Å². The van der Waals surface area contributed by atoms with Gasteiger partial charge in [-0.05, 0) is 19.8 Å². The predicted octanol–water partition coefficient (Wildman–Crippen LogP) is 1.72. The summed E-state index contributed by atoms with van der Waals surface area (Å²) in [5, 5.41) is 6.40. The molecule has 1 rings (SSSR count). The Balaban J connectivity index is 2.41. The SMILES string of the molecule is CCCNc1cc(NCCCOCC)nc(N)n1. The second-order valence-electron chi connectivity index (χ2n) is 3.90. The molecule has 102 valence electrons. The molecule has 6 heteroatoms. The predicted molar refractivity (Wildman–Crippen MR) is 74.8 cm³/mol. The molecule has 0 radical (unpaired) electrons. The standard InChI is InChI=1S/C12H23N5O/c1-3-6-14-10-9-11(17-12(13)16-10)15-7-5-8-18-4-2/h9H,3-8H2,1-2H3,(H4,13,14,15,16,17). The van der Waals surface area contributed by atoms with Crippen LogP contribution in [0.5, 0.6) is 0 Å². The minimum atomic E-state index is 0.281. The lowest BCUT2D eigenvalue weighted by Crippen LogP contribution is -2.10. The Kier molecular flexibility index (Phi) is 6.86. The van der Waals surface area contributed by atoms with Crippen molar-refractivity contribution in [3.8, 4) is 0 Å². The molecule has 0 aromatic carbocycles. The fourth-order valence-electron chi connectivity index (χ4n) is 1.44. The van der Waals surface area contributed by atoms with E-state index in [1.54, 1.807) is 0 Å². The molecule has 0 bridgehead atoms. The molecular formula is C12H23N5O. The zero-order chi connectivity index (χ0) is 13.2. The van der Waals surface area contributed by atoms with E-state index in [4.69, 9.17) is 10.5 Å². The summed E-state index contributed by atoms with van der Waals surface area (Å²) >= 11 is 0. The Morgan fingerprint density at radius 2 is 1.83 bits per heavy atom. The fourth-order valence-corrected chi connectivity index (χ4v) is 1.44. The van der Waals surface area contributed by atoms with Gasteiger partial charge in [0.2, 0.25) is 5.95 Å². The van der Waals surface area contributed by atoms with Crippen molar-refractivity contribution in [1.29, 1.82) is 0 Å². The molecule has 0 saturated carbocycles. The average molecular weight is 253 g/mol. The molecule has 18 heavy (non-hydrogen) atoms. The number of anilines is 3. The van der Waals surface area contributed by atoms with Crippen molar-refractivity contribution in [2.24, 2.45) is 0 Å². The van der Waals surface area contributed by atoms with Gasteiger partial charge in [0.05, 0.1) is 0 Å². The van der Waals surface area contributed by atoms with Gasteiger partial charge in [-0.3, -0.25) is 0 Å². The number of aromatic nitrogens is 2. The first kappa shape index (κ1) is 14.5. The van der Waals surface area contributed by atoms with E-state index in [0.717, 1.165) is 50.8 Å². The quantitative estimate of drug-likeness (QED) is 0.581. The minimum absolute atomic E-state index is 0.281. The lowest BCUT2D eigenvalue weighted by Gasteiger charge is -2.09. The van der Waals surface area contributed by atoms with E-state index in [1.807, 2.05) is 13.0 Å². The molecule has 0 aliphatic heterocycles. The number of nitrogens with two attached hydrogens (primary N) is 1. The van der Waals surface area contributed by atoms with E-state index in [0.29, 0.717) is 0 Å².